The Hall–Kier alpha value is -0.820. The normalized spacial score (nSPS) is 25.9. The lowest BCUT2D eigenvalue weighted by Gasteiger charge is -2.43. The highest BCUT2D eigenvalue weighted by Crippen LogP contribution is 2.27. The zero-order chi connectivity index (χ0) is 10.0. The van der Waals surface area contributed by atoms with Gasteiger partial charge in [0.15, 0.2) is 0 Å². The fraction of sp³-hybridized carbons (Fsp3) is 0.538. The molecule has 1 fully saturated rings. The first kappa shape index (κ1) is 9.72. The minimum absolute atomic E-state index is 0.412. The van der Waals surface area contributed by atoms with Gasteiger partial charge in [0.1, 0.15) is 0 Å². The third-order valence-corrected chi connectivity index (χ3v) is 3.44. The first-order valence-corrected chi connectivity index (χ1v) is 5.55. The summed E-state index contributed by atoms with van der Waals surface area (Å²) in [4.78, 5) is 0. The minimum Gasteiger partial charge on any atom is -0.311 e. The molecule has 1 unspecified atom stereocenters. The Balaban J connectivity index is 2.06. The van der Waals surface area contributed by atoms with E-state index in [2.05, 4.69) is 43.4 Å². The molecule has 1 saturated heterocycles. The van der Waals surface area contributed by atoms with Gasteiger partial charge in [-0.2, -0.15) is 0 Å². The summed E-state index contributed by atoms with van der Waals surface area (Å²) in [5.41, 5.74) is 3.22. The molecule has 1 aliphatic heterocycles. The van der Waals surface area contributed by atoms with Crippen molar-refractivity contribution in [3.05, 3.63) is 35.4 Å². The van der Waals surface area contributed by atoms with Crippen molar-refractivity contribution in [1.29, 1.82) is 0 Å². The molecule has 0 amide bonds. The molecule has 1 aliphatic rings. The third kappa shape index (κ3) is 1.83. The second-order valence-electron chi connectivity index (χ2n) is 4.47. The summed E-state index contributed by atoms with van der Waals surface area (Å²) in [7, 11) is 0. The lowest BCUT2D eigenvalue weighted by Crippen LogP contribution is -2.57. The highest BCUT2D eigenvalue weighted by atomic mass is 15.0. The Labute approximate surface area is 86.5 Å². The molecule has 1 heteroatoms. The van der Waals surface area contributed by atoms with Crippen molar-refractivity contribution in [2.24, 2.45) is 0 Å². The fourth-order valence-corrected chi connectivity index (χ4v) is 2.15. The lowest BCUT2D eigenvalue weighted by molar-refractivity contribution is 0.198. The maximum atomic E-state index is 3.57. The highest BCUT2D eigenvalue weighted by molar-refractivity contribution is 5.24. The van der Waals surface area contributed by atoms with Crippen LogP contribution >= 0.6 is 0 Å². The molecule has 0 saturated carbocycles. The number of aryl methyl sites for hydroxylation is 1. The number of benzene rings is 1. The number of hydrogen-bond donors (Lipinski definition) is 1. The van der Waals surface area contributed by atoms with Crippen LogP contribution in [0, 0.1) is 6.92 Å². The molecule has 2 rings (SSSR count). The van der Waals surface area contributed by atoms with Gasteiger partial charge in [-0.3, -0.25) is 0 Å². The molecule has 0 bridgehead atoms. The van der Waals surface area contributed by atoms with Gasteiger partial charge >= 0.3 is 0 Å². The second-order valence-corrected chi connectivity index (χ2v) is 4.47. The lowest BCUT2D eigenvalue weighted by atomic mass is 9.80. The van der Waals surface area contributed by atoms with E-state index < -0.39 is 0 Å². The van der Waals surface area contributed by atoms with Crippen LogP contribution in [0.1, 0.15) is 30.9 Å². The predicted molar refractivity (Wildman–Crippen MR) is 60.5 cm³/mol. The van der Waals surface area contributed by atoms with Gasteiger partial charge in [-0.15, -0.1) is 0 Å². The Bertz CT molecular complexity index is 290. The monoisotopic (exact) mass is 189 g/mol. The predicted octanol–water partition coefficient (Wildman–Crippen LogP) is 2.68. The topological polar surface area (TPSA) is 12.0 Å². The Kier molecular flexibility index (Phi) is 2.60. The molecule has 1 atom stereocenters. The standard InChI is InChI=1S/C13H19N/c1-3-13(8-9-14-13)10-12-6-4-11(2)5-7-12/h4-7,14H,3,8-10H2,1-2H3. The van der Waals surface area contributed by atoms with E-state index in [0.717, 1.165) is 0 Å². The van der Waals surface area contributed by atoms with Crippen LogP contribution in [0.15, 0.2) is 24.3 Å². The van der Waals surface area contributed by atoms with Crippen LogP contribution in [-0.4, -0.2) is 12.1 Å². The molecule has 0 aliphatic carbocycles. The summed E-state index contributed by atoms with van der Waals surface area (Å²) in [5, 5.41) is 3.57. The largest absolute Gasteiger partial charge is 0.311 e. The van der Waals surface area contributed by atoms with Gasteiger partial charge in [-0.1, -0.05) is 36.8 Å². The first-order valence-electron chi connectivity index (χ1n) is 5.55. The molecule has 0 spiro atoms. The maximum absolute atomic E-state index is 3.57. The molecule has 0 radical (unpaired) electrons. The summed E-state index contributed by atoms with van der Waals surface area (Å²) in [6.45, 7) is 5.61. The van der Waals surface area contributed by atoms with Gasteiger partial charge in [-0.05, 0) is 38.3 Å². The highest BCUT2D eigenvalue weighted by Gasteiger charge is 2.34. The Morgan fingerprint density at radius 1 is 1.29 bits per heavy atom. The zero-order valence-electron chi connectivity index (χ0n) is 9.14. The van der Waals surface area contributed by atoms with Crippen LogP contribution in [0.25, 0.3) is 0 Å². The van der Waals surface area contributed by atoms with Crippen molar-refractivity contribution in [3.8, 4) is 0 Å². The summed E-state index contributed by atoms with van der Waals surface area (Å²) >= 11 is 0. The molecular formula is C13H19N. The average Bonchev–Trinajstić information content (AvgIpc) is 2.15. The van der Waals surface area contributed by atoms with Crippen LogP contribution in [0.2, 0.25) is 0 Å². The Morgan fingerprint density at radius 3 is 2.36 bits per heavy atom. The summed E-state index contributed by atoms with van der Waals surface area (Å²) in [6, 6.07) is 8.92. The first-order chi connectivity index (χ1) is 6.74. The van der Waals surface area contributed by atoms with Gasteiger partial charge in [0, 0.05) is 5.54 Å². The van der Waals surface area contributed by atoms with Crippen molar-refractivity contribution in [2.75, 3.05) is 6.54 Å². The molecule has 1 N–H and O–H groups in total. The molecule has 1 aromatic rings. The van der Waals surface area contributed by atoms with Crippen LogP contribution in [0.5, 0.6) is 0 Å². The molecule has 1 aromatic carbocycles. The van der Waals surface area contributed by atoms with Gasteiger partial charge in [0.05, 0.1) is 0 Å². The second kappa shape index (κ2) is 3.74. The Morgan fingerprint density at radius 2 is 1.93 bits per heavy atom. The SMILES string of the molecule is CCC1(Cc2ccc(C)cc2)CCN1. The molecule has 14 heavy (non-hydrogen) atoms. The quantitative estimate of drug-likeness (QED) is 0.771. The fourth-order valence-electron chi connectivity index (χ4n) is 2.15. The molecular weight excluding hydrogens is 170 g/mol. The minimum atomic E-state index is 0.412. The van der Waals surface area contributed by atoms with E-state index in [0.29, 0.717) is 5.54 Å². The van der Waals surface area contributed by atoms with E-state index in [-0.39, 0.29) is 0 Å². The summed E-state index contributed by atoms with van der Waals surface area (Å²) in [6.07, 6.45) is 3.75. The van der Waals surface area contributed by atoms with Crippen molar-refractivity contribution >= 4 is 0 Å². The van der Waals surface area contributed by atoms with Crippen LogP contribution in [0.4, 0.5) is 0 Å². The van der Waals surface area contributed by atoms with Crippen LogP contribution in [0.3, 0.4) is 0 Å². The zero-order valence-corrected chi connectivity index (χ0v) is 9.14. The average molecular weight is 189 g/mol. The molecule has 76 valence electrons. The third-order valence-electron chi connectivity index (χ3n) is 3.44. The molecule has 1 heterocycles. The molecule has 1 nitrogen and oxygen atoms in total. The van der Waals surface area contributed by atoms with Gasteiger partial charge < -0.3 is 5.32 Å². The summed E-state index contributed by atoms with van der Waals surface area (Å²) < 4.78 is 0. The van der Waals surface area contributed by atoms with E-state index in [1.165, 1.54) is 36.9 Å². The smallest absolute Gasteiger partial charge is 0.0231 e. The molecule has 0 aromatic heterocycles. The van der Waals surface area contributed by atoms with Crippen molar-refractivity contribution in [2.45, 2.75) is 38.6 Å². The van der Waals surface area contributed by atoms with Crippen LogP contribution in [-0.2, 0) is 6.42 Å². The maximum Gasteiger partial charge on any atom is 0.0231 e. The van der Waals surface area contributed by atoms with E-state index in [1.807, 2.05) is 0 Å². The van der Waals surface area contributed by atoms with Gasteiger partial charge in [0.2, 0.25) is 0 Å². The van der Waals surface area contributed by atoms with E-state index in [4.69, 9.17) is 0 Å². The van der Waals surface area contributed by atoms with Crippen LogP contribution < -0.4 is 5.32 Å². The number of hydrogen-bond acceptors (Lipinski definition) is 1. The van der Waals surface area contributed by atoms with Crippen molar-refractivity contribution < 1.29 is 0 Å². The summed E-state index contributed by atoms with van der Waals surface area (Å²) in [5.74, 6) is 0. The van der Waals surface area contributed by atoms with E-state index >= 15 is 0 Å². The van der Waals surface area contributed by atoms with Crippen molar-refractivity contribution in [3.63, 3.8) is 0 Å². The van der Waals surface area contributed by atoms with Gasteiger partial charge in [0.25, 0.3) is 0 Å². The van der Waals surface area contributed by atoms with E-state index in [9.17, 15) is 0 Å². The van der Waals surface area contributed by atoms with Crippen molar-refractivity contribution in [1.82, 2.24) is 5.32 Å². The number of nitrogens with one attached hydrogen (secondary N) is 1. The van der Waals surface area contributed by atoms with Gasteiger partial charge in [-0.25, -0.2) is 0 Å². The van der Waals surface area contributed by atoms with E-state index in [1.54, 1.807) is 0 Å². The number of rotatable bonds is 3.